The van der Waals surface area contributed by atoms with Crippen molar-refractivity contribution < 1.29 is 9.47 Å². The van der Waals surface area contributed by atoms with Gasteiger partial charge in [0.1, 0.15) is 0 Å². The Bertz CT molecular complexity index is 692. The Balaban J connectivity index is 0.000000307. The molecule has 0 saturated carbocycles. The first-order chi connectivity index (χ1) is 15.0. The molecule has 2 aromatic rings. The molecule has 2 aliphatic heterocycles. The summed E-state index contributed by atoms with van der Waals surface area (Å²) in [6, 6.07) is 21.9. The molecule has 4 nitrogen and oxygen atoms in total. The van der Waals surface area contributed by atoms with Gasteiger partial charge in [-0.25, -0.2) is 0 Å². The number of rotatable bonds is 9. The maximum Gasteiger partial charge on any atom is 0.0829 e. The van der Waals surface area contributed by atoms with Crippen LogP contribution in [0.3, 0.4) is 0 Å². The van der Waals surface area contributed by atoms with Crippen LogP contribution < -0.4 is 5.32 Å². The third-order valence-electron chi connectivity index (χ3n) is 5.55. The number of hydrogen-bond acceptors (Lipinski definition) is 4. The van der Waals surface area contributed by atoms with Crippen LogP contribution >= 0.6 is 12.4 Å². The molecule has 0 aromatic heterocycles. The van der Waals surface area contributed by atoms with E-state index in [1.165, 1.54) is 11.1 Å². The van der Waals surface area contributed by atoms with Crippen LogP contribution in [-0.2, 0) is 9.47 Å². The van der Waals surface area contributed by atoms with Gasteiger partial charge in [-0.2, -0.15) is 0 Å². The van der Waals surface area contributed by atoms with Crippen molar-refractivity contribution in [3.63, 3.8) is 0 Å². The Morgan fingerprint density at radius 3 is 1.56 bits per heavy atom. The van der Waals surface area contributed by atoms with Crippen LogP contribution in [0.2, 0.25) is 0 Å². The monoisotopic (exact) mass is 460 g/mol. The molecule has 0 bridgehead atoms. The number of ether oxygens (including phenoxy) is 2. The summed E-state index contributed by atoms with van der Waals surface area (Å²) in [6.07, 6.45) is 0.893. The Morgan fingerprint density at radius 1 is 0.750 bits per heavy atom. The molecule has 2 aliphatic rings. The molecular formula is C27H41ClN2O2. The first-order valence-electron chi connectivity index (χ1n) is 11.8. The average molecular weight is 461 g/mol. The van der Waals surface area contributed by atoms with Crippen LogP contribution in [-0.4, -0.2) is 56.5 Å². The van der Waals surface area contributed by atoms with E-state index in [1.54, 1.807) is 0 Å². The van der Waals surface area contributed by atoms with Crippen LogP contribution in [0.4, 0.5) is 0 Å². The van der Waals surface area contributed by atoms with Crippen molar-refractivity contribution in [3.05, 3.63) is 71.8 Å². The van der Waals surface area contributed by atoms with Gasteiger partial charge in [-0.15, -0.1) is 12.4 Å². The molecule has 5 heteroatoms. The Kier molecular flexibility index (Phi) is 11.7. The maximum atomic E-state index is 5.95. The summed E-state index contributed by atoms with van der Waals surface area (Å²) in [4.78, 5) is 2.51. The lowest BCUT2D eigenvalue weighted by molar-refractivity contribution is -0.0738. The second kappa shape index (κ2) is 14.0. The van der Waals surface area contributed by atoms with Crippen molar-refractivity contribution in [1.29, 1.82) is 0 Å². The quantitative estimate of drug-likeness (QED) is 0.558. The lowest BCUT2D eigenvalue weighted by atomic mass is 9.94. The highest BCUT2D eigenvalue weighted by Crippen LogP contribution is 2.33. The van der Waals surface area contributed by atoms with Gasteiger partial charge in [-0.05, 0) is 23.0 Å². The van der Waals surface area contributed by atoms with Crippen LogP contribution in [0, 0.1) is 11.8 Å². The zero-order valence-electron chi connectivity index (χ0n) is 20.1. The first kappa shape index (κ1) is 26.8. The van der Waals surface area contributed by atoms with Crippen molar-refractivity contribution in [2.45, 2.75) is 45.9 Å². The normalized spacial score (nSPS) is 16.8. The molecule has 2 heterocycles. The van der Waals surface area contributed by atoms with E-state index in [0.29, 0.717) is 30.1 Å². The van der Waals surface area contributed by atoms with Crippen molar-refractivity contribution in [3.8, 4) is 0 Å². The van der Waals surface area contributed by atoms with E-state index in [4.69, 9.17) is 9.47 Å². The van der Waals surface area contributed by atoms with Crippen molar-refractivity contribution in [2.75, 3.05) is 39.4 Å². The maximum absolute atomic E-state index is 5.95. The van der Waals surface area contributed by atoms with E-state index >= 15 is 0 Å². The Morgan fingerprint density at radius 2 is 1.19 bits per heavy atom. The van der Waals surface area contributed by atoms with Crippen LogP contribution in [0.1, 0.15) is 44.9 Å². The summed E-state index contributed by atoms with van der Waals surface area (Å²) in [6.45, 7) is 14.6. The number of hydrogen-bond donors (Lipinski definition) is 1. The topological polar surface area (TPSA) is 33.7 Å². The standard InChI is InChI=1S/C20H25NO.C7H15NO.ClH/c1-16(2)15-22-19-13-21(14-19)20(17-9-5-3-6-10-17)18-11-7-4-8-12-18;1-6(2)5-9-7-3-8-4-7;/h3-12,16,19-20H,13-15H2,1-2H3;6-8H,3-5H2,1-2H3;1H. The minimum absolute atomic E-state index is 0. The molecule has 0 unspecified atom stereocenters. The van der Waals surface area contributed by atoms with Crippen LogP contribution in [0.15, 0.2) is 60.7 Å². The van der Waals surface area contributed by atoms with E-state index in [2.05, 4.69) is 98.6 Å². The first-order valence-corrected chi connectivity index (χ1v) is 11.8. The summed E-state index contributed by atoms with van der Waals surface area (Å²) in [5, 5.41) is 3.16. The molecular weight excluding hydrogens is 420 g/mol. The highest BCUT2D eigenvalue weighted by molar-refractivity contribution is 5.85. The zero-order valence-corrected chi connectivity index (χ0v) is 20.9. The van der Waals surface area contributed by atoms with Gasteiger partial charge >= 0.3 is 0 Å². The number of benzene rings is 2. The molecule has 0 radical (unpaired) electrons. The number of likely N-dealkylation sites (tertiary alicyclic amines) is 1. The summed E-state index contributed by atoms with van der Waals surface area (Å²) in [5.41, 5.74) is 2.71. The lowest BCUT2D eigenvalue weighted by Crippen LogP contribution is -2.53. The van der Waals surface area contributed by atoms with Crippen LogP contribution in [0.25, 0.3) is 0 Å². The minimum Gasteiger partial charge on any atom is -0.375 e. The molecule has 2 aromatic carbocycles. The molecule has 0 spiro atoms. The molecule has 4 rings (SSSR count). The smallest absolute Gasteiger partial charge is 0.0829 e. The number of nitrogens with zero attached hydrogens (tertiary/aromatic N) is 1. The molecule has 2 saturated heterocycles. The molecule has 0 amide bonds. The fraction of sp³-hybridized carbons (Fsp3) is 0.556. The fourth-order valence-corrected chi connectivity index (χ4v) is 3.71. The fourth-order valence-electron chi connectivity index (χ4n) is 3.71. The van der Waals surface area contributed by atoms with E-state index in [9.17, 15) is 0 Å². The van der Waals surface area contributed by atoms with Gasteiger partial charge in [-0.3, -0.25) is 4.90 Å². The number of halogens is 1. The summed E-state index contributed by atoms with van der Waals surface area (Å²) in [5.74, 6) is 1.28. The van der Waals surface area contributed by atoms with Crippen molar-refractivity contribution in [1.82, 2.24) is 10.2 Å². The molecule has 2 fully saturated rings. The highest BCUT2D eigenvalue weighted by atomic mass is 35.5. The van der Waals surface area contributed by atoms with Gasteiger partial charge in [0.05, 0.1) is 18.2 Å². The van der Waals surface area contributed by atoms with Crippen LogP contribution in [0.5, 0.6) is 0 Å². The average Bonchev–Trinajstić information content (AvgIpc) is 2.70. The number of nitrogens with one attached hydrogen (secondary N) is 1. The van der Waals surface area contributed by atoms with Gasteiger partial charge in [0.15, 0.2) is 0 Å². The highest BCUT2D eigenvalue weighted by Gasteiger charge is 2.34. The minimum atomic E-state index is 0. The predicted octanol–water partition coefficient (Wildman–Crippen LogP) is 5.19. The van der Waals surface area contributed by atoms with Gasteiger partial charge in [0.25, 0.3) is 0 Å². The van der Waals surface area contributed by atoms with Crippen molar-refractivity contribution in [2.24, 2.45) is 11.8 Å². The van der Waals surface area contributed by atoms with E-state index in [0.717, 1.165) is 39.4 Å². The van der Waals surface area contributed by atoms with E-state index in [1.807, 2.05) is 0 Å². The van der Waals surface area contributed by atoms with E-state index in [-0.39, 0.29) is 12.4 Å². The van der Waals surface area contributed by atoms with Crippen molar-refractivity contribution >= 4 is 12.4 Å². The van der Waals surface area contributed by atoms with E-state index < -0.39 is 0 Å². The Labute approximate surface area is 201 Å². The summed E-state index contributed by atoms with van der Waals surface area (Å²) < 4.78 is 11.4. The molecule has 1 N–H and O–H groups in total. The molecule has 0 atom stereocenters. The molecule has 178 valence electrons. The predicted molar refractivity (Wildman–Crippen MR) is 136 cm³/mol. The largest absolute Gasteiger partial charge is 0.375 e. The third-order valence-corrected chi connectivity index (χ3v) is 5.55. The van der Waals surface area contributed by atoms with Gasteiger partial charge in [0, 0.05) is 39.4 Å². The SMILES string of the molecule is CC(C)COC1CN(C(c2ccccc2)c2ccccc2)C1.CC(C)COC1CNC1.Cl. The zero-order chi connectivity index (χ0) is 22.1. The van der Waals surface area contributed by atoms with Gasteiger partial charge in [0.2, 0.25) is 0 Å². The Hall–Kier alpha value is -1.43. The summed E-state index contributed by atoms with van der Waals surface area (Å²) >= 11 is 0. The van der Waals surface area contributed by atoms with Gasteiger partial charge < -0.3 is 14.8 Å². The van der Waals surface area contributed by atoms with Gasteiger partial charge in [-0.1, -0.05) is 88.4 Å². The summed E-state index contributed by atoms with van der Waals surface area (Å²) in [7, 11) is 0. The second-order valence-corrected chi connectivity index (χ2v) is 9.53. The molecule has 32 heavy (non-hydrogen) atoms. The third kappa shape index (κ3) is 8.49. The lowest BCUT2D eigenvalue weighted by Gasteiger charge is -2.44. The second-order valence-electron chi connectivity index (χ2n) is 9.53. The molecule has 0 aliphatic carbocycles.